The molecule has 1 unspecified atom stereocenters. The average molecular weight is 254 g/mol. The fourth-order valence-corrected chi connectivity index (χ4v) is 0.514. The third-order valence-corrected chi connectivity index (χ3v) is 1.19. The van der Waals surface area contributed by atoms with Crippen LogP contribution in [0.5, 0.6) is 0 Å². The van der Waals surface area contributed by atoms with Crippen molar-refractivity contribution in [2.75, 3.05) is 0 Å². The van der Waals surface area contributed by atoms with Crippen LogP contribution in [0.25, 0.3) is 0 Å². The maximum absolute atomic E-state index is 12.0. The van der Waals surface area contributed by atoms with Gasteiger partial charge in [-0.2, -0.15) is 22.0 Å². The molecule has 0 aliphatic heterocycles. The van der Waals surface area contributed by atoms with E-state index in [2.05, 4.69) is 0 Å². The van der Waals surface area contributed by atoms with Crippen LogP contribution in [0.1, 0.15) is 6.42 Å². The van der Waals surface area contributed by atoms with E-state index in [1.54, 1.807) is 0 Å². The molecule has 0 heterocycles. The Labute approximate surface area is 101 Å². The molecule has 1 nitrogen and oxygen atoms in total. The molecule has 0 aliphatic carbocycles. The molecule has 0 aliphatic rings. The Hall–Kier alpha value is 0.400. The molecule has 1 atom stereocenters. The molecule has 0 bridgehead atoms. The normalized spacial score (nSPS) is 15.8. The smallest absolute Gasteiger partial charge is 0.793 e. The third kappa shape index (κ3) is 5.32. The Balaban J connectivity index is 0. The van der Waals surface area contributed by atoms with Gasteiger partial charge in [-0.1, -0.05) is 0 Å². The second kappa shape index (κ2) is 5.15. The van der Waals surface area contributed by atoms with Gasteiger partial charge in [0.1, 0.15) is 0 Å². The van der Waals surface area contributed by atoms with Crippen LogP contribution in [0.15, 0.2) is 0 Å². The first-order valence-corrected chi connectivity index (χ1v) is 3.05. The zero-order chi connectivity index (χ0) is 11.8. The van der Waals surface area contributed by atoms with Crippen molar-refractivity contribution in [2.24, 2.45) is 0 Å². The van der Waals surface area contributed by atoms with Crippen LogP contribution >= 0.6 is 0 Å². The Morgan fingerprint density at radius 1 is 0.933 bits per heavy atom. The van der Waals surface area contributed by atoms with E-state index in [0.717, 1.165) is 0 Å². The molecule has 0 rings (SSSR count). The fourth-order valence-electron chi connectivity index (χ4n) is 0.514. The van der Waals surface area contributed by atoms with Crippen molar-refractivity contribution in [3.05, 3.63) is 0 Å². The van der Waals surface area contributed by atoms with Crippen LogP contribution in [0.2, 0.25) is 0 Å². The molecule has 0 amide bonds. The van der Waals surface area contributed by atoms with Crippen molar-refractivity contribution in [3.63, 3.8) is 0 Å². The van der Waals surface area contributed by atoms with Gasteiger partial charge in [-0.05, 0) is 0 Å². The Bertz CT molecular complexity index is 196. The first-order chi connectivity index (χ1) is 5.88. The molecule has 0 aromatic rings. The quantitative estimate of drug-likeness (QED) is 0.461. The number of alkyl halides is 8. The summed E-state index contributed by atoms with van der Waals surface area (Å²) in [6.45, 7) is 0. The molecule has 86 valence electrons. The van der Waals surface area contributed by atoms with E-state index in [0.29, 0.717) is 0 Å². The number of halogens is 8. The van der Waals surface area contributed by atoms with Gasteiger partial charge in [0.15, 0.2) is 6.17 Å². The minimum atomic E-state index is -6.07. The maximum Gasteiger partial charge on any atom is 1.00 e. The molecule has 0 radical (unpaired) electrons. The van der Waals surface area contributed by atoms with E-state index >= 15 is 0 Å². The molecule has 0 aromatic carbocycles. The molecular formula is C5H3F8NaO. The van der Waals surface area contributed by atoms with Gasteiger partial charge in [0.25, 0.3) is 6.11 Å². The van der Waals surface area contributed by atoms with E-state index < -0.39 is 30.8 Å². The molecule has 10 heteroatoms. The molecule has 0 spiro atoms. The SMILES string of the molecule is [Na+].[O-]C(F)(F)C(F)(F)C(F)CC(F)(F)F. The van der Waals surface area contributed by atoms with Gasteiger partial charge in [0.05, 0.1) is 6.42 Å². The van der Waals surface area contributed by atoms with E-state index in [1.807, 2.05) is 0 Å². The van der Waals surface area contributed by atoms with Crippen molar-refractivity contribution in [3.8, 4) is 0 Å². The Morgan fingerprint density at radius 2 is 1.27 bits per heavy atom. The van der Waals surface area contributed by atoms with E-state index in [4.69, 9.17) is 0 Å². The van der Waals surface area contributed by atoms with Crippen LogP contribution in [0.3, 0.4) is 0 Å². The predicted molar refractivity (Wildman–Crippen MR) is 25.5 cm³/mol. The molecule has 0 N–H and O–H groups in total. The zero-order valence-electron chi connectivity index (χ0n) is 7.22. The summed E-state index contributed by atoms with van der Waals surface area (Å²) in [6.07, 6.45) is -18.5. The fraction of sp³-hybridized carbons (Fsp3) is 1.00. The monoisotopic (exact) mass is 254 g/mol. The van der Waals surface area contributed by atoms with Crippen molar-refractivity contribution in [1.29, 1.82) is 0 Å². The van der Waals surface area contributed by atoms with Gasteiger partial charge < -0.3 is 5.11 Å². The summed E-state index contributed by atoms with van der Waals surface area (Å²) in [5.41, 5.74) is 0. The first kappa shape index (κ1) is 17.8. The van der Waals surface area contributed by atoms with Crippen LogP contribution in [0, 0.1) is 0 Å². The van der Waals surface area contributed by atoms with Crippen molar-refractivity contribution < 1.29 is 69.8 Å². The van der Waals surface area contributed by atoms with Crippen molar-refractivity contribution in [2.45, 2.75) is 30.8 Å². The second-order valence-electron chi connectivity index (χ2n) is 2.43. The van der Waals surface area contributed by atoms with Crippen LogP contribution in [-0.2, 0) is 0 Å². The Morgan fingerprint density at radius 3 is 1.47 bits per heavy atom. The standard InChI is InChI=1S/C5H3F8O.Na/c6-2(1-3(7,8)9)4(10,11)5(12,13)14;/h2H,1H2;/q-1;+1. The van der Waals surface area contributed by atoms with Crippen LogP contribution in [0.4, 0.5) is 35.1 Å². The Kier molecular flexibility index (Phi) is 6.11. The maximum atomic E-state index is 12.0. The second-order valence-corrected chi connectivity index (χ2v) is 2.43. The first-order valence-electron chi connectivity index (χ1n) is 3.05. The van der Waals surface area contributed by atoms with Crippen LogP contribution < -0.4 is 34.7 Å². The summed E-state index contributed by atoms with van der Waals surface area (Å²) < 4.78 is 92.6. The minimum Gasteiger partial charge on any atom is -0.793 e. The van der Waals surface area contributed by atoms with Crippen molar-refractivity contribution >= 4 is 0 Å². The third-order valence-electron chi connectivity index (χ3n) is 1.19. The van der Waals surface area contributed by atoms with Gasteiger partial charge in [-0.15, -0.1) is 0 Å². The number of rotatable bonds is 3. The van der Waals surface area contributed by atoms with E-state index in [9.17, 15) is 40.2 Å². The van der Waals surface area contributed by atoms with E-state index in [1.165, 1.54) is 0 Å². The summed E-state index contributed by atoms with van der Waals surface area (Å²) >= 11 is 0. The summed E-state index contributed by atoms with van der Waals surface area (Å²) in [5, 5.41) is 9.36. The molecular weight excluding hydrogens is 251 g/mol. The van der Waals surface area contributed by atoms with Gasteiger partial charge >= 0.3 is 41.7 Å². The van der Waals surface area contributed by atoms with Gasteiger partial charge in [-0.3, -0.25) is 0 Å². The molecule has 0 fully saturated rings. The average Bonchev–Trinajstić information content (AvgIpc) is 1.80. The molecule has 0 saturated heterocycles. The summed E-state index contributed by atoms with van der Waals surface area (Å²) in [6, 6.07) is 0. The zero-order valence-corrected chi connectivity index (χ0v) is 9.22. The molecule has 0 aromatic heterocycles. The molecule has 0 saturated carbocycles. The van der Waals surface area contributed by atoms with E-state index in [-0.39, 0.29) is 29.6 Å². The minimum absolute atomic E-state index is 0. The summed E-state index contributed by atoms with van der Waals surface area (Å²) in [4.78, 5) is 0. The number of hydrogen-bond donors (Lipinski definition) is 0. The predicted octanol–water partition coefficient (Wildman–Crippen LogP) is -1.13. The van der Waals surface area contributed by atoms with Crippen LogP contribution in [-0.4, -0.2) is 24.4 Å². The van der Waals surface area contributed by atoms with Crippen molar-refractivity contribution in [1.82, 2.24) is 0 Å². The van der Waals surface area contributed by atoms with Gasteiger partial charge in [0, 0.05) is 0 Å². The molecule has 15 heavy (non-hydrogen) atoms. The number of hydrogen-bond acceptors (Lipinski definition) is 1. The topological polar surface area (TPSA) is 23.1 Å². The summed E-state index contributed by atoms with van der Waals surface area (Å²) in [7, 11) is 0. The summed E-state index contributed by atoms with van der Waals surface area (Å²) in [5.74, 6) is -5.87. The van der Waals surface area contributed by atoms with Gasteiger partial charge in [0.2, 0.25) is 0 Å². The largest absolute Gasteiger partial charge is 1.00 e. The van der Waals surface area contributed by atoms with Gasteiger partial charge in [-0.25, -0.2) is 13.2 Å².